The van der Waals surface area contributed by atoms with Crippen LogP contribution in [-0.2, 0) is 9.22 Å². The van der Waals surface area contributed by atoms with E-state index in [2.05, 4.69) is 25.0 Å². The molecule has 0 aromatic carbocycles. The summed E-state index contributed by atoms with van der Waals surface area (Å²) in [6.07, 6.45) is 0. The molecule has 76 valence electrons. The predicted molar refractivity (Wildman–Crippen MR) is 57.1 cm³/mol. The number of amides is 1. The zero-order chi connectivity index (χ0) is 10.5. The van der Waals surface area contributed by atoms with Crippen LogP contribution in [0, 0.1) is 0 Å². The summed E-state index contributed by atoms with van der Waals surface area (Å²) in [6.45, 7) is 10.2. The summed E-state index contributed by atoms with van der Waals surface area (Å²) in [5.74, 6) is -0.0686. The molecule has 0 bridgehead atoms. The number of nitrogens with one attached hydrogen (secondary N) is 1. The van der Waals surface area contributed by atoms with Crippen LogP contribution in [0.2, 0.25) is 19.1 Å². The molecule has 0 fully saturated rings. The highest BCUT2D eigenvalue weighted by Crippen LogP contribution is 2.07. The van der Waals surface area contributed by atoms with Crippen LogP contribution < -0.4 is 5.32 Å². The van der Waals surface area contributed by atoms with Gasteiger partial charge in [-0.1, -0.05) is 6.58 Å². The summed E-state index contributed by atoms with van der Waals surface area (Å²) in [5.41, 5.74) is 0.553. The van der Waals surface area contributed by atoms with E-state index < -0.39 is 8.32 Å². The topological polar surface area (TPSA) is 38.3 Å². The SMILES string of the molecule is C=C(C)C(=O)NCC[Si](C)(C)OC. The molecule has 0 heterocycles. The van der Waals surface area contributed by atoms with Gasteiger partial charge < -0.3 is 9.74 Å². The standard InChI is InChI=1S/C9H19NO2Si/c1-8(2)9(11)10-6-7-13(4,5)12-3/h1,6-7H2,2-5H3,(H,10,11). The molecular weight excluding hydrogens is 182 g/mol. The van der Waals surface area contributed by atoms with E-state index in [4.69, 9.17) is 4.43 Å². The lowest BCUT2D eigenvalue weighted by Crippen LogP contribution is -2.35. The normalized spacial score (nSPS) is 11.1. The van der Waals surface area contributed by atoms with Crippen molar-refractivity contribution in [2.75, 3.05) is 13.7 Å². The highest BCUT2D eigenvalue weighted by molar-refractivity contribution is 6.71. The minimum atomic E-state index is -1.52. The van der Waals surface area contributed by atoms with Gasteiger partial charge in [-0.2, -0.15) is 0 Å². The van der Waals surface area contributed by atoms with Crippen LogP contribution in [0.4, 0.5) is 0 Å². The summed E-state index contributed by atoms with van der Waals surface area (Å²) >= 11 is 0. The maximum atomic E-state index is 11.1. The van der Waals surface area contributed by atoms with E-state index in [1.165, 1.54) is 0 Å². The van der Waals surface area contributed by atoms with Gasteiger partial charge in [0.1, 0.15) is 0 Å². The van der Waals surface area contributed by atoms with E-state index in [1.807, 2.05) is 0 Å². The molecule has 0 aliphatic rings. The quantitative estimate of drug-likeness (QED) is 0.541. The third-order valence-electron chi connectivity index (χ3n) is 1.95. The Hall–Kier alpha value is -0.613. The Kier molecular flexibility index (Phi) is 4.94. The van der Waals surface area contributed by atoms with E-state index in [1.54, 1.807) is 14.0 Å². The molecule has 13 heavy (non-hydrogen) atoms. The van der Waals surface area contributed by atoms with Gasteiger partial charge >= 0.3 is 0 Å². The number of carbonyl (C=O) groups excluding carboxylic acids is 1. The summed E-state index contributed by atoms with van der Waals surface area (Å²) in [6, 6.07) is 0.933. The van der Waals surface area contributed by atoms with Gasteiger partial charge in [0.15, 0.2) is 8.32 Å². The minimum absolute atomic E-state index is 0.0686. The Labute approximate surface area is 81.3 Å². The third kappa shape index (κ3) is 5.60. The van der Waals surface area contributed by atoms with Gasteiger partial charge in [0, 0.05) is 19.2 Å². The molecule has 0 saturated carbocycles. The monoisotopic (exact) mass is 201 g/mol. The Bertz CT molecular complexity index is 202. The van der Waals surface area contributed by atoms with E-state index >= 15 is 0 Å². The highest BCUT2D eigenvalue weighted by atomic mass is 28.4. The van der Waals surface area contributed by atoms with Crippen molar-refractivity contribution in [2.45, 2.75) is 26.1 Å². The second-order valence-corrected chi connectivity index (χ2v) is 8.18. The minimum Gasteiger partial charge on any atom is -0.420 e. The van der Waals surface area contributed by atoms with Crippen molar-refractivity contribution in [3.63, 3.8) is 0 Å². The van der Waals surface area contributed by atoms with Crippen molar-refractivity contribution in [1.29, 1.82) is 0 Å². The fourth-order valence-electron chi connectivity index (χ4n) is 0.730. The van der Waals surface area contributed by atoms with Gasteiger partial charge in [-0.3, -0.25) is 4.79 Å². The largest absolute Gasteiger partial charge is 0.420 e. The second kappa shape index (κ2) is 5.19. The fourth-order valence-corrected chi connectivity index (χ4v) is 1.66. The van der Waals surface area contributed by atoms with Crippen LogP contribution >= 0.6 is 0 Å². The molecule has 0 aromatic heterocycles. The Balaban J connectivity index is 3.68. The third-order valence-corrected chi connectivity index (χ3v) is 4.51. The number of hydrogen-bond acceptors (Lipinski definition) is 2. The van der Waals surface area contributed by atoms with Crippen LogP contribution in [0.3, 0.4) is 0 Å². The smallest absolute Gasteiger partial charge is 0.246 e. The van der Waals surface area contributed by atoms with Gasteiger partial charge in [-0.05, 0) is 26.1 Å². The Morgan fingerprint density at radius 1 is 1.54 bits per heavy atom. The molecule has 4 heteroatoms. The van der Waals surface area contributed by atoms with Crippen molar-refractivity contribution in [3.05, 3.63) is 12.2 Å². The Morgan fingerprint density at radius 3 is 2.46 bits per heavy atom. The molecule has 0 saturated heterocycles. The van der Waals surface area contributed by atoms with Crippen molar-refractivity contribution in [3.8, 4) is 0 Å². The summed E-state index contributed by atoms with van der Waals surface area (Å²) in [5, 5.41) is 2.79. The second-order valence-electron chi connectivity index (χ2n) is 3.75. The predicted octanol–water partition coefficient (Wildman–Crippen LogP) is 1.53. The van der Waals surface area contributed by atoms with Gasteiger partial charge in [0.2, 0.25) is 5.91 Å². The van der Waals surface area contributed by atoms with Crippen molar-refractivity contribution >= 4 is 14.2 Å². The lowest BCUT2D eigenvalue weighted by molar-refractivity contribution is -0.117. The Morgan fingerprint density at radius 2 is 2.08 bits per heavy atom. The van der Waals surface area contributed by atoms with E-state index in [-0.39, 0.29) is 5.91 Å². The van der Waals surface area contributed by atoms with E-state index in [9.17, 15) is 4.79 Å². The molecule has 0 radical (unpaired) electrons. The van der Waals surface area contributed by atoms with Crippen LogP contribution in [0.25, 0.3) is 0 Å². The summed E-state index contributed by atoms with van der Waals surface area (Å²) in [4.78, 5) is 11.1. The zero-order valence-electron chi connectivity index (χ0n) is 8.94. The van der Waals surface area contributed by atoms with E-state index in [0.29, 0.717) is 12.1 Å². The summed E-state index contributed by atoms with van der Waals surface area (Å²) in [7, 11) is 0.206. The molecule has 0 unspecified atom stereocenters. The molecule has 0 rings (SSSR count). The molecule has 0 aliphatic carbocycles. The lowest BCUT2D eigenvalue weighted by Gasteiger charge is -2.19. The fraction of sp³-hybridized carbons (Fsp3) is 0.667. The van der Waals surface area contributed by atoms with Crippen molar-refractivity contribution in [2.24, 2.45) is 0 Å². The maximum Gasteiger partial charge on any atom is 0.246 e. The zero-order valence-corrected chi connectivity index (χ0v) is 9.94. The molecule has 0 aromatic rings. The average Bonchev–Trinajstić information content (AvgIpc) is 2.04. The highest BCUT2D eigenvalue weighted by Gasteiger charge is 2.19. The molecule has 1 amide bonds. The molecule has 1 N–H and O–H groups in total. The maximum absolute atomic E-state index is 11.1. The molecule has 0 aliphatic heterocycles. The van der Waals surface area contributed by atoms with Crippen LogP contribution in [-0.4, -0.2) is 27.9 Å². The number of hydrogen-bond donors (Lipinski definition) is 1. The first kappa shape index (κ1) is 12.4. The average molecular weight is 201 g/mol. The first-order chi connectivity index (χ1) is 5.89. The van der Waals surface area contributed by atoms with Crippen molar-refractivity contribution in [1.82, 2.24) is 5.32 Å². The number of carbonyl (C=O) groups is 1. The lowest BCUT2D eigenvalue weighted by atomic mass is 10.3. The molecule has 0 atom stereocenters. The van der Waals surface area contributed by atoms with Gasteiger partial charge in [0.05, 0.1) is 0 Å². The molecule has 0 spiro atoms. The van der Waals surface area contributed by atoms with Gasteiger partial charge in [0.25, 0.3) is 0 Å². The first-order valence-electron chi connectivity index (χ1n) is 4.38. The summed E-state index contributed by atoms with van der Waals surface area (Å²) < 4.78 is 5.35. The van der Waals surface area contributed by atoms with E-state index in [0.717, 1.165) is 6.04 Å². The van der Waals surface area contributed by atoms with Crippen molar-refractivity contribution < 1.29 is 9.22 Å². The number of rotatable bonds is 5. The molecule has 3 nitrogen and oxygen atoms in total. The van der Waals surface area contributed by atoms with Crippen LogP contribution in [0.15, 0.2) is 12.2 Å². The first-order valence-corrected chi connectivity index (χ1v) is 7.49. The van der Waals surface area contributed by atoms with Crippen LogP contribution in [0.5, 0.6) is 0 Å². The molecular formula is C9H19NO2Si. The van der Waals surface area contributed by atoms with Gasteiger partial charge in [-0.15, -0.1) is 0 Å². The van der Waals surface area contributed by atoms with Gasteiger partial charge in [-0.25, -0.2) is 0 Å². The van der Waals surface area contributed by atoms with Crippen LogP contribution in [0.1, 0.15) is 6.92 Å².